The summed E-state index contributed by atoms with van der Waals surface area (Å²) in [5, 5.41) is 9.15. The zero-order chi connectivity index (χ0) is 24.2. The number of benzene rings is 2. The summed E-state index contributed by atoms with van der Waals surface area (Å²) < 4.78 is 78.5. The molecule has 3 aromatic rings. The fourth-order valence-corrected chi connectivity index (χ4v) is 3.28. The first-order valence-corrected chi connectivity index (χ1v) is 10.0. The number of carbonyl (C=O) groups is 1. The second kappa shape index (κ2) is 9.74. The number of nitrogens with zero attached hydrogens (tertiary/aromatic N) is 2. The van der Waals surface area contributed by atoms with Crippen molar-refractivity contribution in [1.29, 1.82) is 0 Å². The molecule has 178 valence electrons. The number of aromatic nitrogens is 2. The van der Waals surface area contributed by atoms with Crippen molar-refractivity contribution in [1.82, 2.24) is 9.55 Å². The molecule has 1 unspecified atom stereocenters. The van der Waals surface area contributed by atoms with Gasteiger partial charge in [-0.15, -0.1) is 0 Å². The highest BCUT2D eigenvalue weighted by atomic mass is 19.4. The Morgan fingerprint density at radius 1 is 1.09 bits per heavy atom. The normalized spacial score (nSPS) is 13.3. The van der Waals surface area contributed by atoms with E-state index in [1.54, 1.807) is 31.2 Å². The number of alkyl halides is 5. The van der Waals surface area contributed by atoms with Gasteiger partial charge in [0.05, 0.1) is 17.6 Å². The molecule has 0 bridgehead atoms. The first kappa shape index (κ1) is 24.4. The monoisotopic (exact) mass is 472 g/mol. The maximum Gasteiger partial charge on any atom is 0.461 e. The summed E-state index contributed by atoms with van der Waals surface area (Å²) in [6.45, 7) is 1.44. The second-order valence-electron chi connectivity index (χ2n) is 7.13. The summed E-state index contributed by atoms with van der Waals surface area (Å²) >= 11 is 0. The van der Waals surface area contributed by atoms with Gasteiger partial charge >= 0.3 is 18.1 Å². The van der Waals surface area contributed by atoms with Crippen LogP contribution >= 0.6 is 0 Å². The summed E-state index contributed by atoms with van der Waals surface area (Å²) in [4.78, 5) is 14.7. The highest BCUT2D eigenvalue weighted by Crippen LogP contribution is 2.44. The highest BCUT2D eigenvalue weighted by Gasteiger charge is 2.61. The summed E-state index contributed by atoms with van der Waals surface area (Å²) in [6.07, 6.45) is -6.65. The summed E-state index contributed by atoms with van der Waals surface area (Å²) in [5.74, 6) is -7.27. The lowest BCUT2D eigenvalue weighted by atomic mass is 10.1. The molecule has 1 N–H and O–H groups in total. The van der Waals surface area contributed by atoms with E-state index in [-0.39, 0.29) is 37.2 Å². The molecule has 0 saturated heterocycles. The van der Waals surface area contributed by atoms with Crippen LogP contribution in [0, 0.1) is 0 Å². The molecule has 2 aromatic carbocycles. The van der Waals surface area contributed by atoms with Crippen molar-refractivity contribution in [2.75, 3.05) is 13.2 Å². The van der Waals surface area contributed by atoms with Gasteiger partial charge in [-0.2, -0.15) is 22.0 Å². The van der Waals surface area contributed by atoms with Crippen LogP contribution in [0.5, 0.6) is 5.75 Å². The smallest absolute Gasteiger partial charge is 0.461 e. The molecule has 0 spiro atoms. The van der Waals surface area contributed by atoms with Gasteiger partial charge in [-0.05, 0) is 36.8 Å². The Kier molecular flexibility index (Phi) is 7.21. The Labute approximate surface area is 185 Å². The Hall–Kier alpha value is -3.21. The Balaban J connectivity index is 1.73. The van der Waals surface area contributed by atoms with Crippen molar-refractivity contribution in [3.63, 3.8) is 0 Å². The lowest BCUT2D eigenvalue weighted by Crippen LogP contribution is -2.36. The molecule has 11 heteroatoms. The van der Waals surface area contributed by atoms with E-state index < -0.39 is 30.0 Å². The lowest BCUT2D eigenvalue weighted by Gasteiger charge is -2.20. The van der Waals surface area contributed by atoms with E-state index >= 15 is 0 Å². The van der Waals surface area contributed by atoms with E-state index in [0.717, 1.165) is 4.57 Å². The number of carboxylic acids is 1. The van der Waals surface area contributed by atoms with Crippen molar-refractivity contribution in [2.45, 2.75) is 38.1 Å². The largest absolute Gasteiger partial charge is 0.492 e. The Morgan fingerprint density at radius 3 is 2.36 bits per heavy atom. The third-order valence-corrected chi connectivity index (χ3v) is 4.86. The maximum atomic E-state index is 14.1. The summed E-state index contributed by atoms with van der Waals surface area (Å²) in [6, 6.07) is 12.1. The maximum absolute atomic E-state index is 14.1. The number of hydrogen-bond donors (Lipinski definition) is 1. The van der Waals surface area contributed by atoms with Crippen LogP contribution in [0.1, 0.15) is 18.3 Å². The van der Waals surface area contributed by atoms with Gasteiger partial charge in [0.1, 0.15) is 12.4 Å². The minimum Gasteiger partial charge on any atom is -0.492 e. The number of hydrogen-bond acceptors (Lipinski definition) is 4. The Bertz CT molecular complexity index is 1100. The fraction of sp³-hybridized carbons (Fsp3) is 0.364. The van der Waals surface area contributed by atoms with E-state index in [4.69, 9.17) is 14.6 Å². The average molecular weight is 472 g/mol. The highest BCUT2D eigenvalue weighted by molar-refractivity contribution is 5.76. The number of ether oxygens (including phenoxy) is 2. The lowest BCUT2D eigenvalue weighted by molar-refractivity contribution is -0.293. The molecule has 0 amide bonds. The molecule has 0 aliphatic carbocycles. The van der Waals surface area contributed by atoms with E-state index in [1.807, 2.05) is 0 Å². The minimum absolute atomic E-state index is 0.0167. The predicted octanol–water partition coefficient (Wildman–Crippen LogP) is 4.80. The number of imidazole rings is 1. The number of aliphatic carboxylic acids is 1. The first-order chi connectivity index (χ1) is 15.5. The van der Waals surface area contributed by atoms with Gasteiger partial charge in [-0.25, -0.2) is 9.78 Å². The summed E-state index contributed by atoms with van der Waals surface area (Å²) in [7, 11) is 0. The zero-order valence-electron chi connectivity index (χ0n) is 17.5. The molecule has 0 aliphatic heterocycles. The first-order valence-electron chi connectivity index (χ1n) is 10.0. The van der Waals surface area contributed by atoms with Crippen molar-refractivity contribution >= 4 is 17.0 Å². The van der Waals surface area contributed by atoms with Crippen molar-refractivity contribution in [3.8, 4) is 5.75 Å². The van der Waals surface area contributed by atoms with E-state index in [0.29, 0.717) is 11.3 Å². The minimum atomic E-state index is -5.79. The van der Waals surface area contributed by atoms with Crippen LogP contribution in [0.2, 0.25) is 0 Å². The third kappa shape index (κ3) is 5.41. The molecule has 1 atom stereocenters. The number of halogens is 5. The molecular formula is C22H21F5N2O4. The zero-order valence-corrected chi connectivity index (χ0v) is 17.5. The van der Waals surface area contributed by atoms with Crippen LogP contribution in [-0.4, -0.2) is 46.1 Å². The average Bonchev–Trinajstić information content (AvgIpc) is 3.13. The van der Waals surface area contributed by atoms with Crippen molar-refractivity contribution < 1.29 is 41.3 Å². The van der Waals surface area contributed by atoms with E-state index in [1.165, 1.54) is 24.3 Å². The van der Waals surface area contributed by atoms with E-state index in [2.05, 4.69) is 4.98 Å². The van der Waals surface area contributed by atoms with Crippen LogP contribution in [0.4, 0.5) is 22.0 Å². The SMILES string of the molecule is CCOC(Cc1ccc(OCCn2c(C(F)(F)C(F)(F)F)nc3ccccc32)cc1)C(=O)O. The van der Waals surface area contributed by atoms with Crippen LogP contribution in [0.15, 0.2) is 48.5 Å². The van der Waals surface area contributed by atoms with Crippen LogP contribution in [0.3, 0.4) is 0 Å². The topological polar surface area (TPSA) is 73.6 Å². The van der Waals surface area contributed by atoms with Gasteiger partial charge in [-0.3, -0.25) is 0 Å². The van der Waals surface area contributed by atoms with Crippen LogP contribution < -0.4 is 4.74 Å². The number of fused-ring (bicyclic) bond motifs is 1. The third-order valence-electron chi connectivity index (χ3n) is 4.86. The Morgan fingerprint density at radius 2 is 1.76 bits per heavy atom. The molecule has 1 aromatic heterocycles. The quantitative estimate of drug-likeness (QED) is 0.429. The van der Waals surface area contributed by atoms with Gasteiger partial charge in [-0.1, -0.05) is 24.3 Å². The van der Waals surface area contributed by atoms with Crippen LogP contribution in [0.25, 0.3) is 11.0 Å². The van der Waals surface area contributed by atoms with Crippen molar-refractivity contribution in [2.24, 2.45) is 0 Å². The molecule has 0 saturated carbocycles. The van der Waals surface area contributed by atoms with Gasteiger partial charge in [0.25, 0.3) is 0 Å². The summed E-state index contributed by atoms with van der Waals surface area (Å²) in [5.41, 5.74) is 0.824. The molecule has 0 aliphatic rings. The number of rotatable bonds is 10. The number of carboxylic acid groups (broad SMARTS) is 1. The number of para-hydroxylation sites is 2. The van der Waals surface area contributed by atoms with Gasteiger partial charge in [0.2, 0.25) is 0 Å². The molecule has 0 fully saturated rings. The fourth-order valence-electron chi connectivity index (χ4n) is 3.28. The standard InChI is InChI=1S/C22H21F5N2O4/c1-2-32-18(19(30)31)13-14-7-9-15(10-8-14)33-12-11-29-17-6-4-3-5-16(17)28-20(29)21(23,24)22(25,26)27/h3-10,18H,2,11-13H2,1H3,(H,30,31). The van der Waals surface area contributed by atoms with E-state index in [9.17, 15) is 26.7 Å². The second-order valence-corrected chi connectivity index (χ2v) is 7.13. The molecule has 33 heavy (non-hydrogen) atoms. The molecular weight excluding hydrogens is 451 g/mol. The van der Waals surface area contributed by atoms with Gasteiger partial charge in [0.15, 0.2) is 11.9 Å². The molecule has 6 nitrogen and oxygen atoms in total. The van der Waals surface area contributed by atoms with Gasteiger partial charge < -0.3 is 19.1 Å². The van der Waals surface area contributed by atoms with Crippen LogP contribution in [-0.2, 0) is 28.4 Å². The van der Waals surface area contributed by atoms with Crippen molar-refractivity contribution in [3.05, 3.63) is 59.9 Å². The molecule has 0 radical (unpaired) electrons. The van der Waals surface area contributed by atoms with Gasteiger partial charge in [0, 0.05) is 13.0 Å². The molecule has 1 heterocycles. The molecule has 3 rings (SSSR count). The predicted molar refractivity (Wildman–Crippen MR) is 108 cm³/mol.